The molecule has 1 aliphatic rings. The van der Waals surface area contributed by atoms with E-state index in [9.17, 15) is 9.59 Å². The Morgan fingerprint density at radius 2 is 2.00 bits per heavy atom. The lowest BCUT2D eigenvalue weighted by Crippen LogP contribution is -2.48. The number of hydrogen-bond acceptors (Lipinski definition) is 3. The largest absolute Gasteiger partial charge is 0.383 e. The van der Waals surface area contributed by atoms with Crippen LogP contribution in [0, 0.1) is 0 Å². The fourth-order valence-corrected chi connectivity index (χ4v) is 2.86. The highest BCUT2D eigenvalue weighted by Gasteiger charge is 2.33. The van der Waals surface area contributed by atoms with Crippen LogP contribution in [0.15, 0.2) is 40.0 Å². The lowest BCUT2D eigenvalue weighted by molar-refractivity contribution is -0.114. The highest BCUT2D eigenvalue weighted by Crippen LogP contribution is 2.31. The first-order valence-electron chi connectivity index (χ1n) is 6.99. The molecule has 6 heteroatoms. The molecule has 1 aliphatic heterocycles. The summed E-state index contributed by atoms with van der Waals surface area (Å²) in [4.78, 5) is 26.0. The summed E-state index contributed by atoms with van der Waals surface area (Å²) < 4.78 is 5.98. The van der Waals surface area contributed by atoms with Gasteiger partial charge in [-0.25, -0.2) is 4.79 Å². The number of nitrogens with zero attached hydrogens (tertiary/aromatic N) is 1. The number of amides is 2. The first kappa shape index (κ1) is 16.7. The Hall–Kier alpha value is -1.66. The van der Waals surface area contributed by atoms with E-state index < -0.39 is 6.04 Å². The Kier molecular flexibility index (Phi) is 5.37. The van der Waals surface area contributed by atoms with E-state index in [2.05, 4.69) is 21.2 Å². The Balaban J connectivity index is 2.42. The van der Waals surface area contributed by atoms with Crippen LogP contribution >= 0.6 is 15.9 Å². The fourth-order valence-electron chi connectivity index (χ4n) is 2.60. The molecule has 0 bridgehead atoms. The third-order valence-electron chi connectivity index (χ3n) is 3.70. The van der Waals surface area contributed by atoms with Crippen molar-refractivity contribution in [2.45, 2.75) is 19.9 Å². The molecule has 1 N–H and O–H groups in total. The van der Waals surface area contributed by atoms with Crippen molar-refractivity contribution in [2.24, 2.45) is 0 Å². The van der Waals surface area contributed by atoms with Gasteiger partial charge >= 0.3 is 6.03 Å². The Bertz CT molecular complexity index is 610. The van der Waals surface area contributed by atoms with Crippen LogP contribution in [0.2, 0.25) is 0 Å². The SMILES string of the molecule is COCCN1C(=O)NC(c2ccc(Br)cc2)C(C(C)=O)=C1C. The number of carbonyl (C=O) groups excluding carboxylic acids is 2. The maximum Gasteiger partial charge on any atom is 0.322 e. The normalized spacial score (nSPS) is 18.5. The summed E-state index contributed by atoms with van der Waals surface area (Å²) in [6.45, 7) is 4.16. The van der Waals surface area contributed by atoms with Gasteiger partial charge in [0.15, 0.2) is 5.78 Å². The molecule has 118 valence electrons. The van der Waals surface area contributed by atoms with E-state index >= 15 is 0 Å². The van der Waals surface area contributed by atoms with Crippen LogP contribution in [0.25, 0.3) is 0 Å². The molecule has 2 rings (SSSR count). The fraction of sp³-hybridized carbons (Fsp3) is 0.375. The maximum atomic E-state index is 12.3. The Morgan fingerprint density at radius 1 is 1.36 bits per heavy atom. The van der Waals surface area contributed by atoms with E-state index in [-0.39, 0.29) is 11.8 Å². The monoisotopic (exact) mass is 366 g/mol. The molecule has 2 amide bonds. The molecule has 0 aliphatic carbocycles. The average Bonchev–Trinajstić information content (AvgIpc) is 2.46. The van der Waals surface area contributed by atoms with Gasteiger partial charge < -0.3 is 10.1 Å². The van der Waals surface area contributed by atoms with Crippen molar-refractivity contribution in [1.29, 1.82) is 0 Å². The number of carbonyl (C=O) groups is 2. The van der Waals surface area contributed by atoms with E-state index in [1.807, 2.05) is 24.3 Å². The second-order valence-corrected chi connectivity index (χ2v) is 6.05. The van der Waals surface area contributed by atoms with Crippen LogP contribution in [0.3, 0.4) is 0 Å². The molecular weight excluding hydrogens is 348 g/mol. The molecule has 5 nitrogen and oxygen atoms in total. The Labute approximate surface area is 138 Å². The summed E-state index contributed by atoms with van der Waals surface area (Å²) in [6, 6.07) is 6.95. The van der Waals surface area contributed by atoms with Crippen molar-refractivity contribution < 1.29 is 14.3 Å². The van der Waals surface area contributed by atoms with Gasteiger partial charge in [0.05, 0.1) is 19.2 Å². The second kappa shape index (κ2) is 7.07. The number of benzene rings is 1. The van der Waals surface area contributed by atoms with E-state index in [0.29, 0.717) is 24.4 Å². The maximum absolute atomic E-state index is 12.3. The number of ether oxygens (including phenoxy) is 1. The van der Waals surface area contributed by atoms with Crippen LogP contribution in [0.4, 0.5) is 4.79 Å². The van der Waals surface area contributed by atoms with Crippen molar-refractivity contribution >= 4 is 27.7 Å². The summed E-state index contributed by atoms with van der Waals surface area (Å²) in [5, 5.41) is 2.91. The molecule has 1 atom stereocenters. The zero-order valence-electron chi connectivity index (χ0n) is 12.9. The summed E-state index contributed by atoms with van der Waals surface area (Å²) in [5.74, 6) is -0.0483. The summed E-state index contributed by atoms with van der Waals surface area (Å²) >= 11 is 3.39. The molecule has 1 aromatic rings. The molecule has 1 aromatic carbocycles. The smallest absolute Gasteiger partial charge is 0.322 e. The highest BCUT2D eigenvalue weighted by molar-refractivity contribution is 9.10. The second-order valence-electron chi connectivity index (χ2n) is 5.13. The van der Waals surface area contributed by atoms with Crippen molar-refractivity contribution in [2.75, 3.05) is 20.3 Å². The molecule has 0 aromatic heterocycles. The molecule has 0 spiro atoms. The van der Waals surface area contributed by atoms with Crippen LogP contribution in [0.5, 0.6) is 0 Å². The first-order valence-corrected chi connectivity index (χ1v) is 7.79. The third kappa shape index (κ3) is 3.39. The topological polar surface area (TPSA) is 58.6 Å². The molecule has 0 saturated heterocycles. The number of allylic oxidation sites excluding steroid dienone is 1. The van der Waals surface area contributed by atoms with Gasteiger partial charge in [0.1, 0.15) is 0 Å². The molecular formula is C16H19BrN2O3. The molecule has 1 unspecified atom stereocenters. The number of rotatable bonds is 5. The molecule has 22 heavy (non-hydrogen) atoms. The minimum absolute atomic E-state index is 0.0483. The number of hydrogen-bond donors (Lipinski definition) is 1. The quantitative estimate of drug-likeness (QED) is 0.871. The van der Waals surface area contributed by atoms with Crippen molar-refractivity contribution in [3.05, 3.63) is 45.6 Å². The van der Waals surface area contributed by atoms with Gasteiger partial charge in [-0.15, -0.1) is 0 Å². The Morgan fingerprint density at radius 3 is 2.55 bits per heavy atom. The zero-order chi connectivity index (χ0) is 16.3. The average molecular weight is 367 g/mol. The predicted octanol–water partition coefficient (Wildman–Crippen LogP) is 3.02. The van der Waals surface area contributed by atoms with Crippen LogP contribution in [-0.2, 0) is 9.53 Å². The van der Waals surface area contributed by atoms with E-state index in [1.54, 1.807) is 18.9 Å². The van der Waals surface area contributed by atoms with Crippen molar-refractivity contribution in [3.63, 3.8) is 0 Å². The van der Waals surface area contributed by atoms with Gasteiger partial charge in [0, 0.05) is 22.9 Å². The number of urea groups is 1. The van der Waals surface area contributed by atoms with Crippen molar-refractivity contribution in [3.8, 4) is 0 Å². The van der Waals surface area contributed by atoms with E-state index in [0.717, 1.165) is 10.0 Å². The summed E-state index contributed by atoms with van der Waals surface area (Å²) in [7, 11) is 1.58. The zero-order valence-corrected chi connectivity index (χ0v) is 14.4. The number of Topliss-reactive ketones (excluding diaryl/α,β-unsaturated/α-hetero) is 1. The number of nitrogens with one attached hydrogen (secondary N) is 1. The number of ketones is 1. The summed E-state index contributed by atoms with van der Waals surface area (Å²) in [6.07, 6.45) is 0. The lowest BCUT2D eigenvalue weighted by atomic mass is 9.92. The molecule has 0 saturated carbocycles. The van der Waals surface area contributed by atoms with Gasteiger partial charge in [0.25, 0.3) is 0 Å². The van der Waals surface area contributed by atoms with Crippen LogP contribution < -0.4 is 5.32 Å². The number of halogens is 1. The van der Waals surface area contributed by atoms with Crippen LogP contribution in [-0.4, -0.2) is 37.0 Å². The lowest BCUT2D eigenvalue weighted by Gasteiger charge is -2.35. The predicted molar refractivity (Wildman–Crippen MR) is 87.4 cm³/mol. The van der Waals surface area contributed by atoms with Gasteiger partial charge in [-0.3, -0.25) is 9.69 Å². The number of methoxy groups -OCH3 is 1. The molecule has 0 radical (unpaired) electrons. The van der Waals surface area contributed by atoms with Gasteiger partial charge in [-0.05, 0) is 31.5 Å². The first-order chi connectivity index (χ1) is 10.5. The minimum Gasteiger partial charge on any atom is -0.383 e. The summed E-state index contributed by atoms with van der Waals surface area (Å²) in [5.41, 5.74) is 2.17. The van der Waals surface area contributed by atoms with Crippen molar-refractivity contribution in [1.82, 2.24) is 10.2 Å². The van der Waals surface area contributed by atoms with Crippen LogP contribution in [0.1, 0.15) is 25.5 Å². The molecule has 0 fully saturated rings. The molecule has 1 heterocycles. The minimum atomic E-state index is -0.420. The van der Waals surface area contributed by atoms with Gasteiger partial charge in [0.2, 0.25) is 0 Å². The van der Waals surface area contributed by atoms with Gasteiger partial charge in [-0.1, -0.05) is 28.1 Å². The highest BCUT2D eigenvalue weighted by atomic mass is 79.9. The standard InChI is InChI=1S/C16H19BrN2O3/c1-10-14(11(2)20)15(12-4-6-13(17)7-5-12)18-16(21)19(10)8-9-22-3/h4-7,15H,8-9H2,1-3H3,(H,18,21). The van der Waals surface area contributed by atoms with E-state index in [4.69, 9.17) is 4.74 Å². The van der Waals surface area contributed by atoms with E-state index in [1.165, 1.54) is 6.92 Å². The van der Waals surface area contributed by atoms with Gasteiger partial charge in [-0.2, -0.15) is 0 Å². The third-order valence-corrected chi connectivity index (χ3v) is 4.23.